The highest BCUT2D eigenvalue weighted by atomic mass is 16.6. The van der Waals surface area contributed by atoms with Crippen LogP contribution in [0.1, 0.15) is 12.8 Å². The number of aliphatic carboxylic acids is 1. The fourth-order valence-electron chi connectivity index (χ4n) is 1.37. The van der Waals surface area contributed by atoms with E-state index in [1.165, 1.54) is 0 Å². The molecule has 1 unspecified atom stereocenters. The van der Waals surface area contributed by atoms with Crippen LogP contribution in [0.25, 0.3) is 0 Å². The number of ether oxygens (including phenoxy) is 2. The number of amides is 2. The Hall–Kier alpha value is -1.34. The van der Waals surface area contributed by atoms with Crippen LogP contribution in [0.4, 0.5) is 4.79 Å². The zero-order valence-corrected chi connectivity index (χ0v) is 9.61. The first-order valence-electron chi connectivity index (χ1n) is 5.61. The van der Waals surface area contributed by atoms with Gasteiger partial charge in [0.1, 0.15) is 0 Å². The molecule has 3 N–H and O–H groups in total. The summed E-state index contributed by atoms with van der Waals surface area (Å²) in [7, 11) is 0. The lowest BCUT2D eigenvalue weighted by Gasteiger charge is -2.23. The lowest BCUT2D eigenvalue weighted by atomic mass is 10.3. The summed E-state index contributed by atoms with van der Waals surface area (Å²) in [5, 5.41) is 13.6. The highest BCUT2D eigenvalue weighted by Gasteiger charge is 2.14. The van der Waals surface area contributed by atoms with Crippen LogP contribution < -0.4 is 10.6 Å². The molecule has 0 radical (unpaired) electrons. The van der Waals surface area contributed by atoms with Crippen LogP contribution in [-0.4, -0.2) is 56.1 Å². The smallest absolute Gasteiger partial charge is 0.314 e. The summed E-state index contributed by atoms with van der Waals surface area (Å²) in [6.45, 7) is 2.37. The second-order valence-electron chi connectivity index (χ2n) is 3.70. The van der Waals surface area contributed by atoms with Crippen LogP contribution in [-0.2, 0) is 14.3 Å². The summed E-state index contributed by atoms with van der Waals surface area (Å²) in [5.74, 6) is -0.861. The zero-order chi connectivity index (χ0) is 12.5. The van der Waals surface area contributed by atoms with Crippen molar-refractivity contribution in [2.24, 2.45) is 0 Å². The van der Waals surface area contributed by atoms with Crippen molar-refractivity contribution in [3.63, 3.8) is 0 Å². The predicted octanol–water partition coefficient (Wildman–Crippen LogP) is -0.434. The van der Waals surface area contributed by atoms with Crippen LogP contribution in [0.2, 0.25) is 0 Å². The van der Waals surface area contributed by atoms with Gasteiger partial charge in [0, 0.05) is 19.5 Å². The van der Waals surface area contributed by atoms with E-state index in [4.69, 9.17) is 14.6 Å². The minimum atomic E-state index is -0.861. The molecule has 2 amide bonds. The van der Waals surface area contributed by atoms with E-state index in [9.17, 15) is 9.59 Å². The molecule has 1 atom stereocenters. The molecule has 0 aliphatic carbocycles. The Kier molecular flexibility index (Phi) is 6.34. The van der Waals surface area contributed by atoms with Gasteiger partial charge in [-0.15, -0.1) is 0 Å². The lowest BCUT2D eigenvalue weighted by Crippen LogP contribution is -2.43. The number of urea groups is 1. The first-order chi connectivity index (χ1) is 8.18. The van der Waals surface area contributed by atoms with E-state index in [1.807, 2.05) is 0 Å². The SMILES string of the molecule is O=C(O)CCCNC(=O)NCC1COCCO1. The van der Waals surface area contributed by atoms with Crippen LogP contribution in [0, 0.1) is 0 Å². The van der Waals surface area contributed by atoms with Crippen molar-refractivity contribution in [3.05, 3.63) is 0 Å². The Labute approximate surface area is 99.5 Å². The van der Waals surface area contributed by atoms with E-state index in [0.717, 1.165) is 0 Å². The van der Waals surface area contributed by atoms with Gasteiger partial charge < -0.3 is 25.2 Å². The van der Waals surface area contributed by atoms with Gasteiger partial charge in [-0.1, -0.05) is 0 Å². The van der Waals surface area contributed by atoms with Crippen molar-refractivity contribution in [1.29, 1.82) is 0 Å². The standard InChI is InChI=1S/C10H18N2O5/c13-9(14)2-1-3-11-10(15)12-6-8-7-16-4-5-17-8/h8H,1-7H2,(H,13,14)(H2,11,12,15). The van der Waals surface area contributed by atoms with Crippen molar-refractivity contribution >= 4 is 12.0 Å². The number of carbonyl (C=O) groups is 2. The molecule has 1 fully saturated rings. The molecule has 0 spiro atoms. The van der Waals surface area contributed by atoms with Crippen molar-refractivity contribution < 1.29 is 24.2 Å². The van der Waals surface area contributed by atoms with Gasteiger partial charge in [0.05, 0.1) is 25.9 Å². The molecular formula is C10H18N2O5. The molecule has 0 saturated carbocycles. The second-order valence-corrected chi connectivity index (χ2v) is 3.70. The zero-order valence-electron chi connectivity index (χ0n) is 9.61. The maximum Gasteiger partial charge on any atom is 0.314 e. The number of hydrogen-bond acceptors (Lipinski definition) is 4. The summed E-state index contributed by atoms with van der Waals surface area (Å²) in [6.07, 6.45) is 0.375. The largest absolute Gasteiger partial charge is 0.481 e. The van der Waals surface area contributed by atoms with E-state index in [1.54, 1.807) is 0 Å². The Morgan fingerprint density at radius 1 is 1.29 bits per heavy atom. The number of rotatable bonds is 6. The van der Waals surface area contributed by atoms with E-state index >= 15 is 0 Å². The number of carboxylic acid groups (broad SMARTS) is 1. The predicted molar refractivity (Wildman–Crippen MR) is 58.8 cm³/mol. The number of carbonyl (C=O) groups excluding carboxylic acids is 1. The molecular weight excluding hydrogens is 228 g/mol. The Morgan fingerprint density at radius 2 is 2.12 bits per heavy atom. The van der Waals surface area contributed by atoms with E-state index in [0.29, 0.717) is 39.3 Å². The van der Waals surface area contributed by atoms with E-state index in [2.05, 4.69) is 10.6 Å². The average Bonchev–Trinajstić information content (AvgIpc) is 2.33. The molecule has 1 aliphatic heterocycles. The molecule has 1 heterocycles. The van der Waals surface area contributed by atoms with E-state index in [-0.39, 0.29) is 18.6 Å². The van der Waals surface area contributed by atoms with Gasteiger partial charge >= 0.3 is 12.0 Å². The van der Waals surface area contributed by atoms with Gasteiger partial charge in [-0.3, -0.25) is 4.79 Å². The first-order valence-corrected chi connectivity index (χ1v) is 5.61. The monoisotopic (exact) mass is 246 g/mol. The summed E-state index contributed by atoms with van der Waals surface area (Å²) in [5.41, 5.74) is 0. The van der Waals surface area contributed by atoms with Gasteiger partial charge in [-0.25, -0.2) is 4.79 Å². The van der Waals surface area contributed by atoms with Crippen LogP contribution in [0.5, 0.6) is 0 Å². The molecule has 1 rings (SSSR count). The first kappa shape index (κ1) is 13.7. The highest BCUT2D eigenvalue weighted by molar-refractivity contribution is 5.73. The summed E-state index contributed by atoms with van der Waals surface area (Å²) in [6, 6.07) is -0.315. The lowest BCUT2D eigenvalue weighted by molar-refractivity contribution is -0.137. The molecule has 1 aliphatic rings. The fourth-order valence-corrected chi connectivity index (χ4v) is 1.37. The molecule has 0 aromatic heterocycles. The highest BCUT2D eigenvalue weighted by Crippen LogP contribution is 1.98. The van der Waals surface area contributed by atoms with Gasteiger partial charge in [-0.05, 0) is 6.42 Å². The quantitative estimate of drug-likeness (QED) is 0.552. The molecule has 1 saturated heterocycles. The maximum atomic E-state index is 11.3. The van der Waals surface area contributed by atoms with Gasteiger partial charge in [0.25, 0.3) is 0 Å². The van der Waals surface area contributed by atoms with Gasteiger partial charge in [0.2, 0.25) is 0 Å². The van der Waals surface area contributed by atoms with Gasteiger partial charge in [0.15, 0.2) is 0 Å². The Bertz CT molecular complexity index is 253. The summed E-state index contributed by atoms with van der Waals surface area (Å²) >= 11 is 0. The molecule has 7 heteroatoms. The van der Waals surface area contributed by atoms with Crippen LogP contribution in [0.15, 0.2) is 0 Å². The minimum Gasteiger partial charge on any atom is -0.481 e. The fraction of sp³-hybridized carbons (Fsp3) is 0.800. The summed E-state index contributed by atoms with van der Waals surface area (Å²) < 4.78 is 10.5. The van der Waals surface area contributed by atoms with Gasteiger partial charge in [-0.2, -0.15) is 0 Å². The maximum absolute atomic E-state index is 11.3. The topological polar surface area (TPSA) is 96.9 Å². The van der Waals surface area contributed by atoms with Crippen molar-refractivity contribution in [2.75, 3.05) is 32.9 Å². The number of nitrogens with one attached hydrogen (secondary N) is 2. The average molecular weight is 246 g/mol. The van der Waals surface area contributed by atoms with Crippen molar-refractivity contribution in [3.8, 4) is 0 Å². The molecule has 98 valence electrons. The summed E-state index contributed by atoms with van der Waals surface area (Å²) in [4.78, 5) is 21.5. The molecule has 7 nitrogen and oxygen atoms in total. The Morgan fingerprint density at radius 3 is 2.76 bits per heavy atom. The molecule has 17 heavy (non-hydrogen) atoms. The van der Waals surface area contributed by atoms with Crippen LogP contribution >= 0.6 is 0 Å². The third kappa shape index (κ3) is 6.75. The second kappa shape index (κ2) is 7.86. The van der Waals surface area contributed by atoms with Crippen molar-refractivity contribution in [1.82, 2.24) is 10.6 Å². The normalized spacial score (nSPS) is 19.6. The molecule has 0 aromatic carbocycles. The minimum absolute atomic E-state index is 0.0554. The van der Waals surface area contributed by atoms with Crippen molar-refractivity contribution in [2.45, 2.75) is 18.9 Å². The Balaban J connectivity index is 1.98. The number of hydrogen-bond donors (Lipinski definition) is 3. The van der Waals surface area contributed by atoms with Crippen LogP contribution in [0.3, 0.4) is 0 Å². The number of carboxylic acids is 1. The third-order valence-electron chi connectivity index (χ3n) is 2.23. The third-order valence-corrected chi connectivity index (χ3v) is 2.23. The molecule has 0 bridgehead atoms. The van der Waals surface area contributed by atoms with E-state index < -0.39 is 5.97 Å². The molecule has 0 aromatic rings.